The van der Waals surface area contributed by atoms with Crippen molar-refractivity contribution in [1.29, 1.82) is 0 Å². The number of sulfone groups is 1. The molecule has 0 N–H and O–H groups in total. The van der Waals surface area contributed by atoms with Gasteiger partial charge in [0.05, 0.1) is 11.4 Å². The lowest BCUT2D eigenvalue weighted by molar-refractivity contribution is -0.134. The lowest BCUT2D eigenvalue weighted by Crippen LogP contribution is -2.41. The predicted molar refractivity (Wildman–Crippen MR) is 103 cm³/mol. The summed E-state index contributed by atoms with van der Waals surface area (Å²) in [4.78, 5) is 28.0. The number of benzene rings is 1. The molecule has 1 amide bonds. The van der Waals surface area contributed by atoms with Crippen LogP contribution >= 0.6 is 0 Å². The summed E-state index contributed by atoms with van der Waals surface area (Å²) in [6.45, 7) is 1.77. The van der Waals surface area contributed by atoms with Gasteiger partial charge in [-0.2, -0.15) is 5.10 Å². The minimum Gasteiger partial charge on any atom is -0.341 e. The molecule has 2 aliphatic heterocycles. The number of fused-ring (bicyclic) bond motifs is 1. The highest BCUT2D eigenvalue weighted by atomic mass is 32.2. The molecular weight excluding hydrogens is 380 g/mol. The molecule has 0 unspecified atom stereocenters. The minimum atomic E-state index is -3.26. The molecule has 4 rings (SSSR count). The standard InChI is InChI=1S/C19H24N4O4S/c1-28(26,27)15-9-7-14(8-10-15)13-22-19(25)23-16(5-4-6-17(23)20-22)18(24)21-11-2-3-12-21/h7-10,16H,2-6,11-13H2,1H3/t16-/m1/s1. The first kappa shape index (κ1) is 18.9. The van der Waals surface area contributed by atoms with Crippen LogP contribution in [0.3, 0.4) is 0 Å². The van der Waals surface area contributed by atoms with Crippen LogP contribution in [-0.4, -0.2) is 52.9 Å². The highest BCUT2D eigenvalue weighted by Gasteiger charge is 2.34. The van der Waals surface area contributed by atoms with Crippen LogP contribution in [0.2, 0.25) is 0 Å². The summed E-state index contributed by atoms with van der Waals surface area (Å²) < 4.78 is 26.1. The normalized spacial score (nSPS) is 19.6. The van der Waals surface area contributed by atoms with Gasteiger partial charge in [-0.1, -0.05) is 12.1 Å². The fraction of sp³-hybridized carbons (Fsp3) is 0.526. The van der Waals surface area contributed by atoms with Gasteiger partial charge in [0.1, 0.15) is 11.9 Å². The molecule has 28 heavy (non-hydrogen) atoms. The van der Waals surface area contributed by atoms with E-state index in [2.05, 4.69) is 5.10 Å². The Morgan fingerprint density at radius 2 is 1.82 bits per heavy atom. The second kappa shape index (κ2) is 7.20. The molecular formula is C19H24N4O4S. The number of amides is 1. The Hall–Kier alpha value is -2.42. The van der Waals surface area contributed by atoms with Crippen LogP contribution in [0.15, 0.2) is 34.0 Å². The van der Waals surface area contributed by atoms with Crippen LogP contribution < -0.4 is 5.69 Å². The highest BCUT2D eigenvalue weighted by molar-refractivity contribution is 7.90. The Kier molecular flexibility index (Phi) is 4.86. The molecule has 0 saturated carbocycles. The van der Waals surface area contributed by atoms with Crippen LogP contribution in [0.5, 0.6) is 0 Å². The SMILES string of the molecule is CS(=O)(=O)c1ccc(Cn2nc3n(c2=O)[C@@H](C(=O)N2CCCC2)CCC3)cc1. The molecule has 1 aromatic carbocycles. The maximum Gasteiger partial charge on any atom is 0.346 e. The number of carbonyl (C=O) groups excluding carboxylic acids is 1. The number of hydrogen-bond donors (Lipinski definition) is 0. The topological polar surface area (TPSA) is 94.3 Å². The zero-order valence-corrected chi connectivity index (χ0v) is 16.7. The summed E-state index contributed by atoms with van der Waals surface area (Å²) in [6.07, 6.45) is 5.37. The molecule has 2 aliphatic rings. The Balaban J connectivity index is 1.60. The number of aryl methyl sites for hydroxylation is 1. The molecule has 2 aromatic rings. The van der Waals surface area contributed by atoms with Crippen molar-refractivity contribution < 1.29 is 13.2 Å². The van der Waals surface area contributed by atoms with Crippen molar-refractivity contribution in [2.24, 2.45) is 0 Å². The lowest BCUT2D eigenvalue weighted by Gasteiger charge is -2.27. The molecule has 1 aromatic heterocycles. The van der Waals surface area contributed by atoms with Crippen molar-refractivity contribution >= 4 is 15.7 Å². The molecule has 0 spiro atoms. The molecule has 0 bridgehead atoms. The fourth-order valence-corrected chi connectivity index (χ4v) is 4.66. The maximum atomic E-state index is 13.0. The average Bonchev–Trinajstić information content (AvgIpc) is 3.30. The Morgan fingerprint density at radius 1 is 1.14 bits per heavy atom. The van der Waals surface area contributed by atoms with Crippen LogP contribution in [0.4, 0.5) is 0 Å². The van der Waals surface area contributed by atoms with Crippen LogP contribution in [0, 0.1) is 0 Å². The van der Waals surface area contributed by atoms with E-state index in [1.807, 2.05) is 4.90 Å². The zero-order valence-electron chi connectivity index (χ0n) is 15.9. The molecule has 0 radical (unpaired) electrons. The highest BCUT2D eigenvalue weighted by Crippen LogP contribution is 2.25. The predicted octanol–water partition coefficient (Wildman–Crippen LogP) is 0.996. The van der Waals surface area contributed by atoms with Crippen LogP contribution in [0.25, 0.3) is 0 Å². The molecule has 8 nitrogen and oxygen atoms in total. The first-order valence-electron chi connectivity index (χ1n) is 9.60. The summed E-state index contributed by atoms with van der Waals surface area (Å²) >= 11 is 0. The quantitative estimate of drug-likeness (QED) is 0.758. The summed E-state index contributed by atoms with van der Waals surface area (Å²) in [5.74, 6) is 0.680. The van der Waals surface area contributed by atoms with E-state index in [4.69, 9.17) is 0 Å². The number of likely N-dealkylation sites (tertiary alicyclic amines) is 1. The molecule has 1 atom stereocenters. The number of carbonyl (C=O) groups is 1. The van der Waals surface area contributed by atoms with Crippen LogP contribution in [0.1, 0.15) is 43.1 Å². The average molecular weight is 404 g/mol. The summed E-state index contributed by atoms with van der Waals surface area (Å²) in [5.41, 5.74) is 0.506. The second-order valence-electron chi connectivity index (χ2n) is 7.58. The van der Waals surface area contributed by atoms with Crippen molar-refractivity contribution in [3.8, 4) is 0 Å². The summed E-state index contributed by atoms with van der Waals surface area (Å²) in [6, 6.07) is 5.98. The first-order chi connectivity index (χ1) is 13.3. The van der Waals surface area contributed by atoms with Gasteiger partial charge in [0, 0.05) is 25.8 Å². The third-order valence-corrected chi connectivity index (χ3v) is 6.65. The number of hydrogen-bond acceptors (Lipinski definition) is 5. The third kappa shape index (κ3) is 3.50. The molecule has 0 aliphatic carbocycles. The smallest absolute Gasteiger partial charge is 0.341 e. The molecule has 1 fully saturated rings. The van der Waals surface area contributed by atoms with Gasteiger partial charge in [0.15, 0.2) is 9.84 Å². The van der Waals surface area contributed by atoms with Crippen molar-refractivity contribution in [2.75, 3.05) is 19.3 Å². The van der Waals surface area contributed by atoms with Gasteiger partial charge in [0.2, 0.25) is 5.91 Å². The van der Waals surface area contributed by atoms with E-state index in [9.17, 15) is 18.0 Å². The fourth-order valence-electron chi connectivity index (χ4n) is 4.03. The number of rotatable bonds is 4. The Labute approximate surface area is 163 Å². The van der Waals surface area contributed by atoms with Gasteiger partial charge in [-0.05, 0) is 43.4 Å². The Morgan fingerprint density at radius 3 is 2.46 bits per heavy atom. The summed E-state index contributed by atoms with van der Waals surface area (Å²) in [5, 5.41) is 4.45. The minimum absolute atomic E-state index is 0.0256. The van der Waals surface area contributed by atoms with Crippen molar-refractivity contribution in [2.45, 2.75) is 49.6 Å². The van der Waals surface area contributed by atoms with Crippen molar-refractivity contribution in [3.63, 3.8) is 0 Å². The molecule has 150 valence electrons. The van der Waals surface area contributed by atoms with E-state index in [-0.39, 0.29) is 23.0 Å². The maximum absolute atomic E-state index is 13.0. The molecule has 1 saturated heterocycles. The Bertz CT molecular complexity index is 1050. The van der Waals surface area contributed by atoms with Gasteiger partial charge in [-0.15, -0.1) is 0 Å². The van der Waals surface area contributed by atoms with E-state index in [1.54, 1.807) is 16.7 Å². The van der Waals surface area contributed by atoms with E-state index >= 15 is 0 Å². The van der Waals surface area contributed by atoms with Gasteiger partial charge < -0.3 is 4.90 Å². The van der Waals surface area contributed by atoms with E-state index in [0.29, 0.717) is 18.7 Å². The third-order valence-electron chi connectivity index (χ3n) is 5.52. The van der Waals surface area contributed by atoms with Crippen LogP contribution in [-0.2, 0) is 27.6 Å². The van der Waals surface area contributed by atoms with Gasteiger partial charge >= 0.3 is 5.69 Å². The van der Waals surface area contributed by atoms with Crippen molar-refractivity contribution in [3.05, 3.63) is 46.1 Å². The van der Waals surface area contributed by atoms with E-state index in [0.717, 1.165) is 44.2 Å². The first-order valence-corrected chi connectivity index (χ1v) is 11.5. The molecule has 9 heteroatoms. The van der Waals surface area contributed by atoms with E-state index < -0.39 is 15.9 Å². The van der Waals surface area contributed by atoms with Crippen molar-refractivity contribution in [1.82, 2.24) is 19.2 Å². The molecule has 3 heterocycles. The second-order valence-corrected chi connectivity index (χ2v) is 9.60. The van der Waals surface area contributed by atoms with Gasteiger partial charge in [0.25, 0.3) is 0 Å². The van der Waals surface area contributed by atoms with Gasteiger partial charge in [-0.25, -0.2) is 17.9 Å². The number of aromatic nitrogens is 3. The van der Waals surface area contributed by atoms with E-state index in [1.165, 1.54) is 16.8 Å². The monoisotopic (exact) mass is 404 g/mol. The lowest BCUT2D eigenvalue weighted by atomic mass is 10.0. The summed E-state index contributed by atoms with van der Waals surface area (Å²) in [7, 11) is -3.26. The zero-order chi connectivity index (χ0) is 19.9. The number of nitrogens with zero attached hydrogens (tertiary/aromatic N) is 4. The van der Waals surface area contributed by atoms with Gasteiger partial charge in [-0.3, -0.25) is 9.36 Å². The largest absolute Gasteiger partial charge is 0.346 e.